The van der Waals surface area contributed by atoms with E-state index in [0.29, 0.717) is 0 Å². The van der Waals surface area contributed by atoms with E-state index in [-0.39, 0.29) is 12.2 Å². The van der Waals surface area contributed by atoms with Gasteiger partial charge in [0, 0.05) is 4.88 Å². The minimum Gasteiger partial charge on any atom is -0.469 e. The van der Waals surface area contributed by atoms with E-state index in [4.69, 9.17) is 4.42 Å². The molecule has 0 aliphatic heterocycles. The molecule has 0 aromatic carbocycles. The van der Waals surface area contributed by atoms with Gasteiger partial charge in [0.1, 0.15) is 4.92 Å². The molecular weight excluding hydrogens is 312 g/mol. The SMILES string of the molecule is COC(=O)CC(NC(=O)c1ccc([N+](=O)[O-])o1)c1cccs1. The van der Waals surface area contributed by atoms with Gasteiger partial charge in [-0.15, -0.1) is 11.3 Å². The van der Waals surface area contributed by atoms with Gasteiger partial charge in [-0.05, 0) is 17.5 Å². The summed E-state index contributed by atoms with van der Waals surface area (Å²) in [6.45, 7) is 0. The van der Waals surface area contributed by atoms with Crippen LogP contribution in [0.5, 0.6) is 0 Å². The Morgan fingerprint density at radius 1 is 1.45 bits per heavy atom. The summed E-state index contributed by atoms with van der Waals surface area (Å²) in [5.41, 5.74) is 0. The van der Waals surface area contributed by atoms with Crippen LogP contribution in [-0.4, -0.2) is 23.9 Å². The van der Waals surface area contributed by atoms with Crippen LogP contribution in [0, 0.1) is 10.1 Å². The van der Waals surface area contributed by atoms with Gasteiger partial charge in [-0.1, -0.05) is 6.07 Å². The molecule has 9 heteroatoms. The summed E-state index contributed by atoms with van der Waals surface area (Å²) in [6, 6.07) is 5.26. The van der Waals surface area contributed by atoms with E-state index < -0.39 is 28.7 Å². The Labute approximate surface area is 128 Å². The fourth-order valence-corrected chi connectivity index (χ4v) is 2.52. The Kier molecular flexibility index (Phi) is 4.89. The highest BCUT2D eigenvalue weighted by atomic mass is 32.1. The third kappa shape index (κ3) is 3.70. The Bertz CT molecular complexity index is 679. The van der Waals surface area contributed by atoms with Gasteiger partial charge in [-0.25, -0.2) is 0 Å². The number of methoxy groups -OCH3 is 1. The van der Waals surface area contributed by atoms with E-state index >= 15 is 0 Å². The summed E-state index contributed by atoms with van der Waals surface area (Å²) in [5.74, 6) is -1.84. The van der Waals surface area contributed by atoms with E-state index in [1.54, 1.807) is 12.1 Å². The molecule has 0 radical (unpaired) electrons. The van der Waals surface area contributed by atoms with Crippen LogP contribution in [-0.2, 0) is 9.53 Å². The van der Waals surface area contributed by atoms with Crippen molar-refractivity contribution in [3.63, 3.8) is 0 Å². The number of rotatable bonds is 6. The molecule has 1 atom stereocenters. The first-order chi connectivity index (χ1) is 10.5. The number of nitrogens with one attached hydrogen (secondary N) is 1. The molecule has 0 saturated heterocycles. The number of carbonyl (C=O) groups is 2. The van der Waals surface area contributed by atoms with Crippen LogP contribution < -0.4 is 5.32 Å². The van der Waals surface area contributed by atoms with Gasteiger partial charge in [0.2, 0.25) is 0 Å². The van der Waals surface area contributed by atoms with Crippen molar-refractivity contribution in [3.05, 3.63) is 50.4 Å². The molecule has 0 fully saturated rings. The molecule has 0 aliphatic rings. The Hall–Kier alpha value is -2.68. The number of amides is 1. The second-order valence-electron chi connectivity index (χ2n) is 4.22. The second-order valence-corrected chi connectivity index (χ2v) is 5.20. The molecule has 2 aromatic rings. The van der Waals surface area contributed by atoms with Gasteiger partial charge in [0.15, 0.2) is 5.76 Å². The van der Waals surface area contributed by atoms with Crippen LogP contribution in [0.4, 0.5) is 5.88 Å². The number of nitro groups is 1. The summed E-state index contributed by atoms with van der Waals surface area (Å²) in [6.07, 6.45) is -0.0500. The third-order valence-electron chi connectivity index (χ3n) is 2.79. The first-order valence-corrected chi connectivity index (χ1v) is 7.04. The monoisotopic (exact) mass is 324 g/mol. The number of esters is 1. The number of hydrogen-bond donors (Lipinski definition) is 1. The quantitative estimate of drug-likeness (QED) is 0.495. The van der Waals surface area contributed by atoms with Gasteiger partial charge in [0.05, 0.1) is 25.6 Å². The number of thiophene rings is 1. The van der Waals surface area contributed by atoms with Crippen LogP contribution in [0.25, 0.3) is 0 Å². The Balaban J connectivity index is 2.13. The molecule has 22 heavy (non-hydrogen) atoms. The van der Waals surface area contributed by atoms with Crippen LogP contribution in [0.1, 0.15) is 27.9 Å². The predicted octanol–water partition coefficient (Wildman–Crippen LogP) is 2.28. The molecule has 2 heterocycles. The van der Waals surface area contributed by atoms with E-state index in [9.17, 15) is 19.7 Å². The summed E-state index contributed by atoms with van der Waals surface area (Å²) < 4.78 is 9.44. The normalized spacial score (nSPS) is 11.7. The largest absolute Gasteiger partial charge is 0.469 e. The lowest BCUT2D eigenvalue weighted by atomic mass is 10.1. The number of furan rings is 1. The van der Waals surface area contributed by atoms with Gasteiger partial charge in [-0.2, -0.15) is 0 Å². The van der Waals surface area contributed by atoms with E-state index in [1.807, 2.05) is 5.38 Å². The lowest BCUT2D eigenvalue weighted by Gasteiger charge is -2.15. The molecule has 1 N–H and O–H groups in total. The van der Waals surface area contributed by atoms with Gasteiger partial charge in [0.25, 0.3) is 5.91 Å². The van der Waals surface area contributed by atoms with Crippen molar-refractivity contribution < 1.29 is 23.7 Å². The molecular formula is C13H12N2O6S. The molecule has 0 saturated carbocycles. The van der Waals surface area contributed by atoms with Crippen LogP contribution in [0.15, 0.2) is 34.1 Å². The maximum Gasteiger partial charge on any atom is 0.433 e. The third-order valence-corrected chi connectivity index (χ3v) is 3.77. The molecule has 0 bridgehead atoms. The average Bonchev–Trinajstić information content (AvgIpc) is 3.17. The van der Waals surface area contributed by atoms with Crippen LogP contribution in [0.2, 0.25) is 0 Å². The second kappa shape index (κ2) is 6.85. The first kappa shape index (κ1) is 15.7. The zero-order valence-corrected chi connectivity index (χ0v) is 12.3. The van der Waals surface area contributed by atoms with Crippen molar-refractivity contribution >= 4 is 29.1 Å². The van der Waals surface area contributed by atoms with E-state index in [1.165, 1.54) is 24.5 Å². The zero-order chi connectivity index (χ0) is 16.1. The maximum absolute atomic E-state index is 12.1. The summed E-state index contributed by atoms with van der Waals surface area (Å²) in [4.78, 5) is 34.1. The van der Waals surface area contributed by atoms with Crippen molar-refractivity contribution in [3.8, 4) is 0 Å². The number of ether oxygens (including phenoxy) is 1. The number of nitrogens with zero attached hydrogens (tertiary/aromatic N) is 1. The zero-order valence-electron chi connectivity index (χ0n) is 11.5. The molecule has 2 aromatic heterocycles. The summed E-state index contributed by atoms with van der Waals surface area (Å²) in [7, 11) is 1.26. The van der Waals surface area contributed by atoms with Crippen molar-refractivity contribution in [2.75, 3.05) is 7.11 Å². The highest BCUT2D eigenvalue weighted by Crippen LogP contribution is 2.24. The Morgan fingerprint density at radius 3 is 2.77 bits per heavy atom. The Morgan fingerprint density at radius 2 is 2.23 bits per heavy atom. The van der Waals surface area contributed by atoms with Crippen LogP contribution in [0.3, 0.4) is 0 Å². The van der Waals surface area contributed by atoms with Gasteiger partial charge in [-0.3, -0.25) is 19.7 Å². The smallest absolute Gasteiger partial charge is 0.433 e. The fourth-order valence-electron chi connectivity index (χ4n) is 1.74. The average molecular weight is 324 g/mol. The standard InChI is InChI=1S/C13H12N2O6S/c1-20-12(16)7-8(10-3-2-6-22-10)14-13(17)9-4-5-11(21-9)15(18)19/h2-6,8H,7H2,1H3,(H,14,17). The molecule has 1 amide bonds. The van der Waals surface area contributed by atoms with E-state index in [0.717, 1.165) is 10.9 Å². The highest BCUT2D eigenvalue weighted by molar-refractivity contribution is 7.10. The van der Waals surface area contributed by atoms with Crippen molar-refractivity contribution in [1.82, 2.24) is 5.32 Å². The minimum absolute atomic E-state index is 0.0500. The fraction of sp³-hybridized carbons (Fsp3) is 0.231. The predicted molar refractivity (Wildman–Crippen MR) is 76.5 cm³/mol. The van der Waals surface area contributed by atoms with Gasteiger partial charge < -0.3 is 14.5 Å². The number of carbonyl (C=O) groups excluding carboxylic acids is 2. The minimum atomic E-state index is -0.734. The lowest BCUT2D eigenvalue weighted by Crippen LogP contribution is -2.29. The van der Waals surface area contributed by atoms with Crippen molar-refractivity contribution in [2.24, 2.45) is 0 Å². The van der Waals surface area contributed by atoms with Crippen molar-refractivity contribution in [1.29, 1.82) is 0 Å². The molecule has 2 rings (SSSR count). The molecule has 0 aliphatic carbocycles. The molecule has 1 unspecified atom stereocenters. The van der Waals surface area contributed by atoms with E-state index in [2.05, 4.69) is 10.1 Å². The van der Waals surface area contributed by atoms with Crippen molar-refractivity contribution in [2.45, 2.75) is 12.5 Å². The summed E-state index contributed by atoms with van der Waals surface area (Å²) >= 11 is 1.37. The molecule has 0 spiro atoms. The molecule has 8 nitrogen and oxygen atoms in total. The topological polar surface area (TPSA) is 112 Å². The lowest BCUT2D eigenvalue weighted by molar-refractivity contribution is -0.402. The van der Waals surface area contributed by atoms with Gasteiger partial charge >= 0.3 is 11.9 Å². The van der Waals surface area contributed by atoms with Crippen LogP contribution >= 0.6 is 11.3 Å². The summed E-state index contributed by atoms with van der Waals surface area (Å²) in [5, 5.41) is 15.0. The number of hydrogen-bond acceptors (Lipinski definition) is 7. The molecule has 116 valence electrons. The highest BCUT2D eigenvalue weighted by Gasteiger charge is 2.23. The first-order valence-electron chi connectivity index (χ1n) is 6.16. The maximum atomic E-state index is 12.1.